The topological polar surface area (TPSA) is 94.3 Å². The molecule has 1 unspecified atom stereocenters. The highest BCUT2D eigenvalue weighted by Gasteiger charge is 2.23. The van der Waals surface area contributed by atoms with E-state index in [0.29, 0.717) is 36.4 Å². The molecule has 2 aromatic rings. The summed E-state index contributed by atoms with van der Waals surface area (Å²) in [5, 5.41) is 2.97. The Hall–Kier alpha value is -2.64. The number of aromatic nitrogens is 1. The summed E-state index contributed by atoms with van der Waals surface area (Å²) in [6.45, 7) is 1.29. The summed E-state index contributed by atoms with van der Waals surface area (Å²) >= 11 is 0. The molecule has 0 radical (unpaired) electrons. The molecule has 1 amide bonds. The first-order chi connectivity index (χ1) is 14.1. The van der Waals surface area contributed by atoms with Crippen LogP contribution in [0.3, 0.4) is 0 Å². The Balaban J connectivity index is 0.000000537. The zero-order valence-corrected chi connectivity index (χ0v) is 16.6. The van der Waals surface area contributed by atoms with Crippen molar-refractivity contribution in [3.63, 3.8) is 0 Å². The van der Waals surface area contributed by atoms with Gasteiger partial charge in [-0.3, -0.25) is 9.78 Å². The summed E-state index contributed by atoms with van der Waals surface area (Å²) in [6.07, 6.45) is 5.92. The van der Waals surface area contributed by atoms with E-state index in [1.807, 2.05) is 0 Å². The van der Waals surface area contributed by atoms with Crippen LogP contribution < -0.4 is 11.1 Å². The second-order valence-corrected chi connectivity index (χ2v) is 6.96. The normalized spacial score (nSPS) is 18.3. The fourth-order valence-electron chi connectivity index (χ4n) is 3.22. The zero-order valence-electron chi connectivity index (χ0n) is 16.6. The Morgan fingerprint density at radius 1 is 1.34 bits per heavy atom. The third kappa shape index (κ3) is 7.36. The van der Waals surface area contributed by atoms with Crippen molar-refractivity contribution < 1.29 is 18.7 Å². The van der Waals surface area contributed by atoms with E-state index in [-0.39, 0.29) is 23.7 Å². The first-order valence-corrected chi connectivity index (χ1v) is 9.74. The highest BCUT2D eigenvalue weighted by atomic mass is 19.1. The van der Waals surface area contributed by atoms with E-state index in [2.05, 4.69) is 15.0 Å². The van der Waals surface area contributed by atoms with Crippen LogP contribution in [0.4, 0.5) is 4.39 Å². The average molecular weight is 401 g/mol. The Morgan fingerprint density at radius 2 is 2.17 bits per heavy atom. The van der Waals surface area contributed by atoms with Gasteiger partial charge in [-0.2, -0.15) is 0 Å². The third-order valence-electron chi connectivity index (χ3n) is 4.71. The lowest BCUT2D eigenvalue weighted by Crippen LogP contribution is -2.38. The Kier molecular flexibility index (Phi) is 9.40. The molecule has 1 aromatic heterocycles. The number of pyridine rings is 1. The first kappa shape index (κ1) is 22.6. The molecule has 29 heavy (non-hydrogen) atoms. The fraction of sp³-hybridized carbons (Fsp3) is 0.409. The maximum Gasteiger partial charge on any atom is 0.253 e. The van der Waals surface area contributed by atoms with Crippen molar-refractivity contribution in [2.75, 3.05) is 20.3 Å². The van der Waals surface area contributed by atoms with Crippen LogP contribution in [-0.2, 0) is 9.53 Å². The van der Waals surface area contributed by atoms with Gasteiger partial charge in [-0.1, -0.05) is 18.6 Å². The summed E-state index contributed by atoms with van der Waals surface area (Å²) in [5.41, 5.74) is 6.76. The minimum Gasteiger partial charge on any atom is -0.383 e. The quantitative estimate of drug-likeness (QED) is 0.726. The van der Waals surface area contributed by atoms with E-state index in [1.165, 1.54) is 18.3 Å². The van der Waals surface area contributed by atoms with Crippen LogP contribution in [0.15, 0.2) is 42.6 Å². The van der Waals surface area contributed by atoms with Crippen molar-refractivity contribution in [1.29, 1.82) is 0 Å². The molecule has 0 saturated heterocycles. The molecule has 2 atom stereocenters. The number of nitrogens with two attached hydrogens (primary N) is 1. The van der Waals surface area contributed by atoms with Gasteiger partial charge in [-0.15, -0.1) is 0 Å². The van der Waals surface area contributed by atoms with Crippen LogP contribution in [0.1, 0.15) is 36.0 Å². The van der Waals surface area contributed by atoms with E-state index in [9.17, 15) is 14.0 Å². The summed E-state index contributed by atoms with van der Waals surface area (Å²) in [6, 6.07) is 9.60. The smallest absolute Gasteiger partial charge is 0.253 e. The molecule has 7 heteroatoms. The van der Waals surface area contributed by atoms with Crippen molar-refractivity contribution in [3.05, 3.63) is 54.0 Å². The van der Waals surface area contributed by atoms with Crippen LogP contribution in [0.2, 0.25) is 0 Å². The van der Waals surface area contributed by atoms with Gasteiger partial charge < -0.3 is 20.6 Å². The Labute approximate surface area is 170 Å². The lowest BCUT2D eigenvalue weighted by atomic mass is 9.86. The molecule has 3 rings (SSSR count). The summed E-state index contributed by atoms with van der Waals surface area (Å²) in [5.74, 6) is -0.472. The average Bonchev–Trinajstić information content (AvgIpc) is 2.75. The predicted molar refractivity (Wildman–Crippen MR) is 110 cm³/mol. The van der Waals surface area contributed by atoms with Crippen LogP contribution in [0.5, 0.6) is 0 Å². The number of carbonyl (C=O) groups is 2. The van der Waals surface area contributed by atoms with Gasteiger partial charge in [0.05, 0.1) is 17.9 Å². The number of amides is 1. The highest BCUT2D eigenvalue weighted by molar-refractivity contribution is 5.94. The molecule has 0 aliphatic heterocycles. The molecule has 1 aliphatic rings. The van der Waals surface area contributed by atoms with Gasteiger partial charge >= 0.3 is 0 Å². The first-order valence-electron chi connectivity index (χ1n) is 9.74. The van der Waals surface area contributed by atoms with Crippen LogP contribution in [0, 0.1) is 11.7 Å². The largest absolute Gasteiger partial charge is 0.383 e. The maximum atomic E-state index is 13.3. The number of ether oxygens (including phenoxy) is 1. The van der Waals surface area contributed by atoms with Crippen molar-refractivity contribution in [1.82, 2.24) is 10.3 Å². The molecule has 3 N–H and O–H groups in total. The molecule has 6 nitrogen and oxygen atoms in total. The molecule has 1 heterocycles. The molecule has 0 bridgehead atoms. The molecular weight excluding hydrogens is 373 g/mol. The second-order valence-electron chi connectivity index (χ2n) is 6.96. The number of hydrogen-bond acceptors (Lipinski definition) is 5. The molecule has 1 fully saturated rings. The number of aldehydes is 1. The standard InChI is InChI=1S/C19H19FN2O2.C3H9NO/c20-16-5-2-4-14(10-16)18-8-7-15(11-21-18)19(24)22-17-6-1-3-13(9-17)12-23;1-5-3-2-4/h2,4-5,7-8,10-13,17H,1,3,6,9H2,(H,22,24);2-4H2,1H3/t13-,17?;/m1./s1. The molecule has 1 aromatic carbocycles. The third-order valence-corrected chi connectivity index (χ3v) is 4.71. The number of rotatable bonds is 6. The van der Waals surface area contributed by atoms with Gasteiger partial charge in [0.25, 0.3) is 5.91 Å². The molecule has 156 valence electrons. The van der Waals surface area contributed by atoms with Crippen molar-refractivity contribution in [2.24, 2.45) is 11.7 Å². The number of nitrogens with one attached hydrogen (secondary N) is 1. The van der Waals surface area contributed by atoms with Crippen molar-refractivity contribution in [2.45, 2.75) is 31.7 Å². The van der Waals surface area contributed by atoms with E-state index < -0.39 is 0 Å². The van der Waals surface area contributed by atoms with Gasteiger partial charge in [0.15, 0.2) is 0 Å². The lowest BCUT2D eigenvalue weighted by Gasteiger charge is -2.26. The van der Waals surface area contributed by atoms with Gasteiger partial charge in [0.2, 0.25) is 0 Å². The maximum absolute atomic E-state index is 13.3. The van der Waals surface area contributed by atoms with E-state index >= 15 is 0 Å². The van der Waals surface area contributed by atoms with Gasteiger partial charge in [0, 0.05) is 37.4 Å². The molecule has 1 aliphatic carbocycles. The number of hydrogen-bond donors (Lipinski definition) is 2. The minimum absolute atomic E-state index is 0.0318. The van der Waals surface area contributed by atoms with E-state index in [0.717, 1.165) is 25.5 Å². The van der Waals surface area contributed by atoms with Gasteiger partial charge in [-0.25, -0.2) is 4.39 Å². The zero-order chi connectivity index (χ0) is 21.1. The predicted octanol–water partition coefficient (Wildman–Crippen LogP) is 2.97. The summed E-state index contributed by atoms with van der Waals surface area (Å²) in [4.78, 5) is 27.5. The van der Waals surface area contributed by atoms with Crippen LogP contribution in [0.25, 0.3) is 11.3 Å². The Bertz CT molecular complexity index is 781. The second kappa shape index (κ2) is 12.0. The minimum atomic E-state index is -0.321. The fourth-order valence-corrected chi connectivity index (χ4v) is 3.22. The number of carbonyl (C=O) groups excluding carboxylic acids is 2. The Morgan fingerprint density at radius 3 is 2.76 bits per heavy atom. The number of benzene rings is 1. The number of halogens is 1. The number of methoxy groups -OCH3 is 1. The molecule has 1 saturated carbocycles. The van der Waals surface area contributed by atoms with Gasteiger partial charge in [0.1, 0.15) is 12.1 Å². The number of nitrogens with zero attached hydrogens (tertiary/aromatic N) is 1. The summed E-state index contributed by atoms with van der Waals surface area (Å²) in [7, 11) is 1.63. The monoisotopic (exact) mass is 401 g/mol. The van der Waals surface area contributed by atoms with Crippen LogP contribution in [-0.4, -0.2) is 43.5 Å². The molecular formula is C22H28FN3O3. The van der Waals surface area contributed by atoms with Crippen LogP contribution >= 0.6 is 0 Å². The van der Waals surface area contributed by atoms with E-state index in [4.69, 9.17) is 5.73 Å². The highest BCUT2D eigenvalue weighted by Crippen LogP contribution is 2.23. The van der Waals surface area contributed by atoms with Crippen molar-refractivity contribution >= 4 is 12.2 Å². The lowest BCUT2D eigenvalue weighted by molar-refractivity contribution is -0.112. The van der Waals surface area contributed by atoms with E-state index in [1.54, 1.807) is 31.4 Å². The van der Waals surface area contributed by atoms with Gasteiger partial charge in [-0.05, 0) is 43.5 Å². The molecule has 0 spiro atoms. The summed E-state index contributed by atoms with van der Waals surface area (Å²) < 4.78 is 17.8. The van der Waals surface area contributed by atoms with Crippen molar-refractivity contribution in [3.8, 4) is 11.3 Å². The SMILES string of the molecule is COCCN.O=C[C@@H]1CCCC(NC(=O)c2ccc(-c3cccc(F)c3)nc2)C1.